The predicted octanol–water partition coefficient (Wildman–Crippen LogP) is 4.01. The molecule has 0 atom stereocenters. The van der Waals surface area contributed by atoms with Crippen LogP contribution in [0.1, 0.15) is 0 Å². The van der Waals surface area contributed by atoms with Crippen molar-refractivity contribution in [3.05, 3.63) is 29.0 Å². The third kappa shape index (κ3) is 2.72. The second kappa shape index (κ2) is 4.04. The fourth-order valence-electron chi connectivity index (χ4n) is 0.746. The molecule has 0 radical (unpaired) electrons. The predicted molar refractivity (Wildman–Crippen MR) is 43.0 cm³/mol. The van der Waals surface area contributed by atoms with Crippen LogP contribution in [0.5, 0.6) is 5.75 Å². The first-order valence-electron chi connectivity index (χ1n) is 3.72. The van der Waals surface area contributed by atoms with Crippen LogP contribution in [0.15, 0.2) is 18.2 Å². The lowest BCUT2D eigenvalue weighted by Gasteiger charge is -2.20. The summed E-state index contributed by atoms with van der Waals surface area (Å²) in [7, 11) is 0. The molecule has 0 aliphatic rings. The highest BCUT2D eigenvalue weighted by molar-refractivity contribution is 6.30. The molecule has 1 aromatic carbocycles. The summed E-state index contributed by atoms with van der Waals surface area (Å²) in [6, 6.07) is 1.75. The molecule has 0 spiro atoms. The largest absolute Gasteiger partial charge is 0.499 e. The fourth-order valence-corrected chi connectivity index (χ4v) is 0.917. The summed E-state index contributed by atoms with van der Waals surface area (Å²) in [4.78, 5) is 0. The lowest BCUT2D eigenvalue weighted by atomic mass is 10.3. The van der Waals surface area contributed by atoms with E-state index in [0.717, 1.165) is 0 Å². The van der Waals surface area contributed by atoms with Gasteiger partial charge in [-0.1, -0.05) is 11.6 Å². The van der Waals surface area contributed by atoms with Gasteiger partial charge in [-0.3, -0.25) is 0 Å². The number of ether oxygens (including phenoxy) is 1. The van der Waals surface area contributed by atoms with Gasteiger partial charge in [-0.2, -0.15) is 22.0 Å². The zero-order valence-corrected chi connectivity index (χ0v) is 8.04. The van der Waals surface area contributed by atoms with Crippen LogP contribution in [-0.2, 0) is 0 Å². The molecule has 0 saturated heterocycles. The first-order valence-corrected chi connectivity index (χ1v) is 4.10. The molecule has 0 aromatic heterocycles. The number of benzene rings is 1. The van der Waals surface area contributed by atoms with E-state index in [-0.39, 0.29) is 0 Å². The quantitative estimate of drug-likeness (QED) is 0.733. The molecule has 0 fully saturated rings. The van der Waals surface area contributed by atoms with E-state index in [4.69, 9.17) is 11.6 Å². The highest BCUT2D eigenvalue weighted by Crippen LogP contribution is 2.37. The van der Waals surface area contributed by atoms with Gasteiger partial charge in [-0.15, -0.1) is 0 Å². The van der Waals surface area contributed by atoms with Gasteiger partial charge in [-0.25, -0.2) is 4.39 Å². The van der Waals surface area contributed by atoms with E-state index in [1.165, 1.54) is 0 Å². The number of halogens is 7. The first-order chi connectivity index (χ1) is 7.13. The third-order valence-electron chi connectivity index (χ3n) is 1.47. The molecule has 0 amide bonds. The number of hydrogen-bond acceptors (Lipinski definition) is 1. The Hall–Kier alpha value is -1.11. The fraction of sp³-hybridized carbons (Fsp3) is 0.250. The number of rotatable bonds is 2. The van der Waals surface area contributed by atoms with Gasteiger partial charge in [0.1, 0.15) is 11.6 Å². The van der Waals surface area contributed by atoms with Crippen molar-refractivity contribution in [2.24, 2.45) is 0 Å². The summed E-state index contributed by atoms with van der Waals surface area (Å²) in [5, 5.41) is -0.615. The van der Waals surface area contributed by atoms with Crippen LogP contribution in [0.2, 0.25) is 5.02 Å². The van der Waals surface area contributed by atoms with E-state index in [1.54, 1.807) is 0 Å². The zero-order valence-electron chi connectivity index (χ0n) is 7.29. The highest BCUT2D eigenvalue weighted by atomic mass is 35.5. The lowest BCUT2D eigenvalue weighted by Crippen LogP contribution is -2.41. The summed E-state index contributed by atoms with van der Waals surface area (Å²) in [5.41, 5.74) is 0. The number of alkyl halides is 5. The molecule has 90 valence electrons. The average Bonchev–Trinajstić information content (AvgIpc) is 2.09. The average molecular weight is 265 g/mol. The Morgan fingerprint density at radius 1 is 1.06 bits per heavy atom. The molecule has 0 aliphatic heterocycles. The minimum atomic E-state index is -5.85. The van der Waals surface area contributed by atoms with Gasteiger partial charge in [0.15, 0.2) is 0 Å². The SMILES string of the molecule is Fc1ccc(OC(F)(F)C(F)(F)F)cc1Cl. The molecule has 0 saturated carbocycles. The monoisotopic (exact) mass is 264 g/mol. The Morgan fingerprint density at radius 3 is 2.06 bits per heavy atom. The highest BCUT2D eigenvalue weighted by Gasteiger charge is 2.61. The maximum absolute atomic E-state index is 12.6. The Kier molecular flexibility index (Phi) is 3.27. The smallest absolute Gasteiger partial charge is 0.426 e. The van der Waals surface area contributed by atoms with Crippen LogP contribution in [0.3, 0.4) is 0 Å². The molecule has 0 N–H and O–H groups in total. The van der Waals surface area contributed by atoms with Crippen LogP contribution in [0.25, 0.3) is 0 Å². The maximum atomic E-state index is 12.6. The van der Waals surface area contributed by atoms with Gasteiger partial charge in [0, 0.05) is 6.07 Å². The maximum Gasteiger partial charge on any atom is 0.499 e. The summed E-state index contributed by atoms with van der Waals surface area (Å²) in [5.74, 6) is -1.84. The van der Waals surface area contributed by atoms with Crippen molar-refractivity contribution in [2.75, 3.05) is 0 Å². The standard InChI is InChI=1S/C8H3ClF6O/c9-5-3-4(1-2-6(5)10)16-8(14,15)7(11,12)13/h1-3H. The van der Waals surface area contributed by atoms with Gasteiger partial charge in [0.2, 0.25) is 0 Å². The van der Waals surface area contributed by atoms with Gasteiger partial charge in [0.05, 0.1) is 5.02 Å². The minimum absolute atomic E-state index is 0.524. The topological polar surface area (TPSA) is 9.23 Å². The van der Waals surface area contributed by atoms with E-state index in [0.29, 0.717) is 18.2 Å². The van der Waals surface area contributed by atoms with E-state index < -0.39 is 28.9 Å². The van der Waals surface area contributed by atoms with Crippen molar-refractivity contribution < 1.29 is 31.1 Å². The number of hydrogen-bond donors (Lipinski definition) is 0. The summed E-state index contributed by atoms with van der Waals surface area (Å²) >= 11 is 5.18. The second-order valence-electron chi connectivity index (χ2n) is 2.69. The van der Waals surface area contributed by atoms with E-state index in [2.05, 4.69) is 4.74 Å². The van der Waals surface area contributed by atoms with E-state index >= 15 is 0 Å². The third-order valence-corrected chi connectivity index (χ3v) is 1.76. The lowest BCUT2D eigenvalue weighted by molar-refractivity contribution is -0.360. The van der Waals surface area contributed by atoms with E-state index in [1.807, 2.05) is 0 Å². The van der Waals surface area contributed by atoms with Crippen molar-refractivity contribution in [1.82, 2.24) is 0 Å². The zero-order chi connectivity index (χ0) is 12.6. The van der Waals surface area contributed by atoms with Crippen LogP contribution in [-0.4, -0.2) is 12.3 Å². The first kappa shape index (κ1) is 13.0. The molecule has 1 nitrogen and oxygen atoms in total. The molecule has 0 aliphatic carbocycles. The molecule has 1 rings (SSSR count). The van der Waals surface area contributed by atoms with Crippen LogP contribution >= 0.6 is 11.6 Å². The van der Waals surface area contributed by atoms with Gasteiger partial charge < -0.3 is 4.74 Å². The molecule has 1 aromatic rings. The summed E-state index contributed by atoms with van der Waals surface area (Å²) in [6.45, 7) is 0. The van der Waals surface area contributed by atoms with Crippen LogP contribution < -0.4 is 4.74 Å². The molecule has 8 heteroatoms. The molecule has 0 heterocycles. The molecule has 0 bridgehead atoms. The van der Waals surface area contributed by atoms with Crippen molar-refractivity contribution in [3.63, 3.8) is 0 Å². The Labute approximate surface area is 90.6 Å². The van der Waals surface area contributed by atoms with E-state index in [9.17, 15) is 26.3 Å². The van der Waals surface area contributed by atoms with Crippen molar-refractivity contribution >= 4 is 11.6 Å². The molecular formula is C8H3ClF6O. The van der Waals surface area contributed by atoms with Crippen LogP contribution in [0, 0.1) is 5.82 Å². The summed E-state index contributed by atoms with van der Waals surface area (Å²) < 4.78 is 75.8. The van der Waals surface area contributed by atoms with Gasteiger partial charge >= 0.3 is 12.3 Å². The van der Waals surface area contributed by atoms with Gasteiger partial charge in [0.25, 0.3) is 0 Å². The van der Waals surface area contributed by atoms with Gasteiger partial charge in [-0.05, 0) is 12.1 Å². The molecular weight excluding hydrogens is 262 g/mol. The molecule has 0 unspecified atom stereocenters. The normalized spacial score (nSPS) is 12.7. The Morgan fingerprint density at radius 2 is 1.62 bits per heavy atom. The van der Waals surface area contributed by atoms with Crippen molar-refractivity contribution in [3.8, 4) is 5.75 Å². The van der Waals surface area contributed by atoms with Crippen LogP contribution in [0.4, 0.5) is 26.3 Å². The Balaban J connectivity index is 2.93. The van der Waals surface area contributed by atoms with Crippen molar-refractivity contribution in [2.45, 2.75) is 12.3 Å². The summed E-state index contributed by atoms with van der Waals surface area (Å²) in [6.07, 6.45) is -11.2. The second-order valence-corrected chi connectivity index (χ2v) is 3.10. The van der Waals surface area contributed by atoms with Crippen molar-refractivity contribution in [1.29, 1.82) is 0 Å². The molecule has 16 heavy (non-hydrogen) atoms. The minimum Gasteiger partial charge on any atom is -0.426 e. The Bertz CT molecular complexity index is 389.